The Morgan fingerprint density at radius 3 is 2.59 bits per heavy atom. The maximum Gasteiger partial charge on any atom is 0.276 e. The predicted molar refractivity (Wildman–Crippen MR) is 98.7 cm³/mol. The number of hydrogen-bond acceptors (Lipinski definition) is 4. The number of rotatable bonds is 5. The number of benzene rings is 2. The Morgan fingerprint density at radius 1 is 1.15 bits per heavy atom. The van der Waals surface area contributed by atoms with Gasteiger partial charge in [0.2, 0.25) is 11.8 Å². The van der Waals surface area contributed by atoms with Gasteiger partial charge in [0, 0.05) is 18.3 Å². The molecule has 6 nitrogen and oxygen atoms in total. The van der Waals surface area contributed by atoms with Crippen molar-refractivity contribution in [3.05, 3.63) is 71.9 Å². The van der Waals surface area contributed by atoms with Gasteiger partial charge in [0.1, 0.15) is 11.6 Å². The lowest BCUT2D eigenvalue weighted by Gasteiger charge is -2.15. The van der Waals surface area contributed by atoms with Crippen molar-refractivity contribution in [2.45, 2.75) is 6.92 Å². The summed E-state index contributed by atoms with van der Waals surface area (Å²) in [6, 6.07) is 14.8. The fourth-order valence-electron chi connectivity index (χ4n) is 2.53. The lowest BCUT2D eigenvalue weighted by Crippen LogP contribution is -2.35. The highest BCUT2D eigenvalue weighted by molar-refractivity contribution is 5.98. The molecule has 0 saturated heterocycles. The van der Waals surface area contributed by atoms with E-state index in [9.17, 15) is 14.0 Å². The maximum absolute atomic E-state index is 13.2. The normalized spacial score (nSPS) is 10.5. The summed E-state index contributed by atoms with van der Waals surface area (Å²) in [7, 11) is 1.49. The second-order valence-corrected chi connectivity index (χ2v) is 6.01. The van der Waals surface area contributed by atoms with Crippen LogP contribution in [-0.4, -0.2) is 35.3 Å². The highest BCUT2D eigenvalue weighted by atomic mass is 19.1. The van der Waals surface area contributed by atoms with Crippen LogP contribution < -0.4 is 5.32 Å². The molecule has 2 aromatic carbocycles. The second kappa shape index (κ2) is 7.82. The third kappa shape index (κ3) is 4.38. The highest BCUT2D eigenvalue weighted by Gasteiger charge is 2.22. The van der Waals surface area contributed by atoms with Gasteiger partial charge in [0.15, 0.2) is 5.69 Å². The number of anilines is 1. The van der Waals surface area contributed by atoms with Crippen LogP contribution in [0.2, 0.25) is 0 Å². The Morgan fingerprint density at radius 2 is 1.89 bits per heavy atom. The molecule has 0 unspecified atom stereocenters. The van der Waals surface area contributed by atoms with Crippen LogP contribution in [0, 0.1) is 12.7 Å². The van der Waals surface area contributed by atoms with Crippen molar-refractivity contribution >= 4 is 17.5 Å². The minimum absolute atomic E-state index is 0.148. The molecule has 2 amide bonds. The molecule has 0 saturated carbocycles. The number of oxazole rings is 1. The van der Waals surface area contributed by atoms with Gasteiger partial charge in [-0.15, -0.1) is 0 Å². The van der Waals surface area contributed by atoms with Crippen LogP contribution >= 0.6 is 0 Å². The molecule has 1 aromatic heterocycles. The van der Waals surface area contributed by atoms with Crippen molar-refractivity contribution in [2.24, 2.45) is 0 Å². The van der Waals surface area contributed by atoms with Crippen LogP contribution in [-0.2, 0) is 4.79 Å². The molecule has 3 aromatic rings. The molecule has 1 heterocycles. The number of carbonyl (C=O) groups is 2. The molecule has 0 bridgehead atoms. The van der Waals surface area contributed by atoms with E-state index >= 15 is 0 Å². The first-order chi connectivity index (χ1) is 12.9. The zero-order valence-corrected chi connectivity index (χ0v) is 14.9. The third-order valence-corrected chi connectivity index (χ3v) is 3.86. The minimum Gasteiger partial charge on any atom is -0.441 e. The number of aromatic nitrogens is 1. The van der Waals surface area contributed by atoms with Crippen molar-refractivity contribution in [1.29, 1.82) is 0 Å². The average molecular weight is 367 g/mol. The summed E-state index contributed by atoms with van der Waals surface area (Å²) in [6.45, 7) is 1.44. The van der Waals surface area contributed by atoms with Gasteiger partial charge in [0.25, 0.3) is 5.91 Å². The molecular weight excluding hydrogens is 349 g/mol. The van der Waals surface area contributed by atoms with Crippen molar-refractivity contribution in [2.75, 3.05) is 18.9 Å². The molecule has 0 aliphatic rings. The van der Waals surface area contributed by atoms with E-state index in [0.717, 1.165) is 5.56 Å². The molecule has 3 rings (SSSR count). The van der Waals surface area contributed by atoms with Gasteiger partial charge >= 0.3 is 0 Å². The number of carbonyl (C=O) groups excluding carboxylic acids is 2. The van der Waals surface area contributed by atoms with Crippen LogP contribution in [0.15, 0.2) is 59.0 Å². The van der Waals surface area contributed by atoms with Crippen LogP contribution in [0.5, 0.6) is 0 Å². The summed E-state index contributed by atoms with van der Waals surface area (Å²) in [5.74, 6) is -0.622. The van der Waals surface area contributed by atoms with Gasteiger partial charge in [0.05, 0.1) is 6.54 Å². The van der Waals surface area contributed by atoms with E-state index in [1.54, 1.807) is 13.0 Å². The number of likely N-dealkylation sites (N-methyl/N-ethyl adjacent to an activating group) is 1. The topological polar surface area (TPSA) is 75.4 Å². The van der Waals surface area contributed by atoms with E-state index < -0.39 is 17.6 Å². The fraction of sp³-hybridized carbons (Fsp3) is 0.150. The van der Waals surface area contributed by atoms with E-state index in [2.05, 4.69) is 10.3 Å². The Bertz CT molecular complexity index is 970. The molecule has 1 N–H and O–H groups in total. The van der Waals surface area contributed by atoms with Crippen molar-refractivity contribution < 1.29 is 18.4 Å². The molecule has 0 aliphatic heterocycles. The first-order valence-corrected chi connectivity index (χ1v) is 8.28. The van der Waals surface area contributed by atoms with Crippen molar-refractivity contribution in [3.63, 3.8) is 0 Å². The molecule has 27 heavy (non-hydrogen) atoms. The summed E-state index contributed by atoms with van der Waals surface area (Å²) < 4.78 is 18.8. The molecule has 0 fully saturated rings. The van der Waals surface area contributed by atoms with Crippen LogP contribution in [0.1, 0.15) is 16.2 Å². The minimum atomic E-state index is -0.455. The Labute approximate surface area is 155 Å². The van der Waals surface area contributed by atoms with E-state index in [1.165, 1.54) is 30.1 Å². The smallest absolute Gasteiger partial charge is 0.276 e. The molecule has 0 spiro atoms. The van der Waals surface area contributed by atoms with E-state index in [0.29, 0.717) is 17.3 Å². The zero-order chi connectivity index (χ0) is 19.4. The Hall–Kier alpha value is -3.48. The molecule has 0 radical (unpaired) electrons. The molecular formula is C20H18FN3O3. The first kappa shape index (κ1) is 18.3. The largest absolute Gasteiger partial charge is 0.441 e. The summed E-state index contributed by atoms with van der Waals surface area (Å²) in [4.78, 5) is 30.2. The molecule has 0 aliphatic carbocycles. The predicted octanol–water partition coefficient (Wildman–Crippen LogP) is 3.50. The monoisotopic (exact) mass is 367 g/mol. The quantitative estimate of drug-likeness (QED) is 0.749. The summed E-state index contributed by atoms with van der Waals surface area (Å²) in [6.07, 6.45) is 0. The summed E-state index contributed by atoms with van der Waals surface area (Å²) in [5, 5.41) is 2.55. The Kier molecular flexibility index (Phi) is 5.30. The van der Waals surface area contributed by atoms with Gasteiger partial charge in [-0.25, -0.2) is 9.37 Å². The number of amides is 2. The summed E-state index contributed by atoms with van der Waals surface area (Å²) in [5.41, 5.74) is 1.23. The second-order valence-electron chi connectivity index (χ2n) is 6.01. The average Bonchev–Trinajstić information content (AvgIpc) is 3.03. The van der Waals surface area contributed by atoms with E-state index in [-0.39, 0.29) is 12.2 Å². The molecule has 7 heteroatoms. The third-order valence-electron chi connectivity index (χ3n) is 3.86. The van der Waals surface area contributed by atoms with E-state index in [1.807, 2.05) is 30.3 Å². The maximum atomic E-state index is 13.2. The Balaban J connectivity index is 1.68. The van der Waals surface area contributed by atoms with Crippen LogP contribution in [0.25, 0.3) is 11.5 Å². The lowest BCUT2D eigenvalue weighted by molar-refractivity contribution is -0.116. The molecule has 0 atom stereocenters. The lowest BCUT2D eigenvalue weighted by atomic mass is 10.2. The van der Waals surface area contributed by atoms with E-state index in [4.69, 9.17) is 4.42 Å². The van der Waals surface area contributed by atoms with Gasteiger partial charge in [-0.3, -0.25) is 9.59 Å². The van der Waals surface area contributed by atoms with Gasteiger partial charge in [-0.05, 0) is 37.3 Å². The van der Waals surface area contributed by atoms with Crippen LogP contribution in [0.3, 0.4) is 0 Å². The number of aryl methyl sites for hydroxylation is 1. The van der Waals surface area contributed by atoms with Gasteiger partial charge in [-0.1, -0.05) is 24.3 Å². The summed E-state index contributed by atoms with van der Waals surface area (Å²) >= 11 is 0. The number of nitrogens with zero attached hydrogens (tertiary/aromatic N) is 2. The molecule has 138 valence electrons. The SMILES string of the molecule is Cc1oc(-c2ccccc2)nc1C(=O)N(C)CC(=O)Nc1cccc(F)c1. The van der Waals surface area contributed by atoms with Crippen molar-refractivity contribution in [3.8, 4) is 11.5 Å². The standard InChI is InChI=1S/C20H18FN3O3/c1-13-18(23-19(27-13)14-7-4-3-5-8-14)20(26)24(2)12-17(25)22-16-10-6-9-15(21)11-16/h3-11H,12H2,1-2H3,(H,22,25). The zero-order valence-electron chi connectivity index (χ0n) is 14.9. The number of hydrogen-bond donors (Lipinski definition) is 1. The fourth-order valence-corrected chi connectivity index (χ4v) is 2.53. The van der Waals surface area contributed by atoms with Crippen LogP contribution in [0.4, 0.5) is 10.1 Å². The number of halogens is 1. The first-order valence-electron chi connectivity index (χ1n) is 8.28. The highest BCUT2D eigenvalue weighted by Crippen LogP contribution is 2.22. The van der Waals surface area contributed by atoms with Gasteiger partial charge < -0.3 is 14.6 Å². The van der Waals surface area contributed by atoms with Gasteiger partial charge in [-0.2, -0.15) is 0 Å². The van der Waals surface area contributed by atoms with Crippen molar-refractivity contribution in [1.82, 2.24) is 9.88 Å². The number of nitrogens with one attached hydrogen (secondary N) is 1.